The van der Waals surface area contributed by atoms with E-state index in [0.717, 1.165) is 25.7 Å². The molecule has 1 atom stereocenters. The lowest BCUT2D eigenvalue weighted by molar-refractivity contribution is -0.139. The summed E-state index contributed by atoms with van der Waals surface area (Å²) in [4.78, 5) is 13.2. The van der Waals surface area contributed by atoms with Crippen LogP contribution in [0.5, 0.6) is 0 Å². The second kappa shape index (κ2) is 6.94. The molecule has 1 saturated heterocycles. The van der Waals surface area contributed by atoms with Crippen molar-refractivity contribution in [1.29, 1.82) is 0 Å². The van der Waals surface area contributed by atoms with Crippen molar-refractivity contribution in [3.8, 4) is 0 Å². The molecule has 0 aliphatic carbocycles. The van der Waals surface area contributed by atoms with E-state index in [1.54, 1.807) is 4.90 Å². The third-order valence-corrected chi connectivity index (χ3v) is 3.04. The van der Waals surface area contributed by atoms with Crippen molar-refractivity contribution in [2.24, 2.45) is 0 Å². The summed E-state index contributed by atoms with van der Waals surface area (Å²) < 4.78 is 35.8. The first kappa shape index (κ1) is 15.2. The van der Waals surface area contributed by atoms with E-state index < -0.39 is 18.6 Å². The molecule has 0 bridgehead atoms. The number of nitrogens with zero attached hydrogens (tertiary/aromatic N) is 1. The van der Waals surface area contributed by atoms with Crippen LogP contribution < -0.4 is 5.32 Å². The van der Waals surface area contributed by atoms with Crippen LogP contribution in [0.15, 0.2) is 0 Å². The van der Waals surface area contributed by atoms with Crippen LogP contribution in [0.4, 0.5) is 13.2 Å². The van der Waals surface area contributed by atoms with Crippen LogP contribution in [-0.2, 0) is 4.79 Å². The Labute approximate surface area is 104 Å². The molecule has 18 heavy (non-hydrogen) atoms. The molecule has 4 nitrogen and oxygen atoms in total. The van der Waals surface area contributed by atoms with Crippen LogP contribution in [0, 0.1) is 0 Å². The van der Waals surface area contributed by atoms with Gasteiger partial charge in [0.2, 0.25) is 5.91 Å². The molecular weight excluding hydrogens is 249 g/mol. The molecule has 1 fully saturated rings. The second-order valence-electron chi connectivity index (χ2n) is 4.55. The quantitative estimate of drug-likeness (QED) is 0.796. The van der Waals surface area contributed by atoms with Crippen LogP contribution in [-0.4, -0.2) is 54.4 Å². The molecule has 1 aliphatic heterocycles. The average Bonchev–Trinajstić information content (AvgIpc) is 2.50. The summed E-state index contributed by atoms with van der Waals surface area (Å²) in [6.07, 6.45) is -0.694. The predicted octanol–water partition coefficient (Wildman–Crippen LogP) is 0.902. The number of hydrogen-bond acceptors (Lipinski definition) is 3. The Morgan fingerprint density at radius 2 is 2.06 bits per heavy atom. The van der Waals surface area contributed by atoms with Gasteiger partial charge < -0.3 is 10.4 Å². The molecule has 0 radical (unpaired) electrons. The average molecular weight is 268 g/mol. The highest BCUT2D eigenvalue weighted by Crippen LogP contribution is 2.16. The summed E-state index contributed by atoms with van der Waals surface area (Å²) in [7, 11) is 0. The van der Waals surface area contributed by atoms with Gasteiger partial charge in [0.05, 0.1) is 13.2 Å². The van der Waals surface area contributed by atoms with Gasteiger partial charge >= 0.3 is 6.18 Å². The second-order valence-corrected chi connectivity index (χ2v) is 4.55. The van der Waals surface area contributed by atoms with Gasteiger partial charge in [-0.3, -0.25) is 9.69 Å². The van der Waals surface area contributed by atoms with Crippen LogP contribution in [0.1, 0.15) is 25.7 Å². The minimum Gasteiger partial charge on any atom is -0.395 e. The maximum Gasteiger partial charge on any atom is 0.405 e. The van der Waals surface area contributed by atoms with Gasteiger partial charge in [-0.15, -0.1) is 0 Å². The highest BCUT2D eigenvalue weighted by Gasteiger charge is 2.29. The highest BCUT2D eigenvalue weighted by molar-refractivity contribution is 5.78. The Hall–Kier alpha value is -0.820. The zero-order valence-electron chi connectivity index (χ0n) is 10.2. The monoisotopic (exact) mass is 268 g/mol. The maximum absolute atomic E-state index is 11.9. The molecule has 0 saturated carbocycles. The Morgan fingerprint density at radius 1 is 1.33 bits per heavy atom. The molecule has 0 spiro atoms. The molecule has 1 rings (SSSR count). The minimum atomic E-state index is -4.38. The zero-order chi connectivity index (χ0) is 13.6. The predicted molar refractivity (Wildman–Crippen MR) is 60.0 cm³/mol. The van der Waals surface area contributed by atoms with E-state index >= 15 is 0 Å². The summed E-state index contributed by atoms with van der Waals surface area (Å²) in [5.74, 6) is -0.646. The van der Waals surface area contributed by atoms with Gasteiger partial charge in [0.1, 0.15) is 6.54 Å². The maximum atomic E-state index is 11.9. The number of carbonyl (C=O) groups is 1. The first-order chi connectivity index (χ1) is 8.42. The summed E-state index contributed by atoms with van der Waals surface area (Å²) in [6.45, 7) is -0.804. The Balaban J connectivity index is 2.40. The van der Waals surface area contributed by atoms with E-state index in [-0.39, 0.29) is 19.2 Å². The molecule has 0 aromatic rings. The highest BCUT2D eigenvalue weighted by atomic mass is 19.4. The fraction of sp³-hybridized carbons (Fsp3) is 0.909. The van der Waals surface area contributed by atoms with E-state index in [0.29, 0.717) is 6.54 Å². The number of amides is 1. The van der Waals surface area contributed by atoms with Crippen molar-refractivity contribution < 1.29 is 23.1 Å². The van der Waals surface area contributed by atoms with E-state index in [1.807, 2.05) is 5.32 Å². The molecule has 2 N–H and O–H groups in total. The topological polar surface area (TPSA) is 52.6 Å². The number of halogens is 3. The molecule has 1 amide bonds. The zero-order valence-corrected chi connectivity index (χ0v) is 10.2. The van der Waals surface area contributed by atoms with Gasteiger partial charge in [-0.25, -0.2) is 0 Å². The summed E-state index contributed by atoms with van der Waals surface area (Å²) in [5.41, 5.74) is 0. The van der Waals surface area contributed by atoms with Crippen molar-refractivity contribution in [2.45, 2.75) is 37.9 Å². The normalized spacial score (nSPS) is 22.6. The standard InChI is InChI=1S/C11H19F3N2O2/c12-11(13,14)8-15-10(18)6-16-5-3-1-2-4-9(16)7-17/h9,17H,1-8H2,(H,15,18). The Bertz CT molecular complexity index is 272. The SMILES string of the molecule is O=C(CN1CCCCCC1CO)NCC(F)(F)F. The molecule has 0 aromatic carbocycles. The van der Waals surface area contributed by atoms with Gasteiger partial charge in [-0.05, 0) is 19.4 Å². The fourth-order valence-electron chi connectivity index (χ4n) is 2.09. The number of aliphatic hydroxyl groups is 1. The number of nitrogens with one attached hydrogen (secondary N) is 1. The van der Waals surface area contributed by atoms with Crippen molar-refractivity contribution in [1.82, 2.24) is 10.2 Å². The first-order valence-corrected chi connectivity index (χ1v) is 6.11. The van der Waals surface area contributed by atoms with Crippen molar-refractivity contribution in [3.05, 3.63) is 0 Å². The minimum absolute atomic E-state index is 0.0629. The van der Waals surface area contributed by atoms with E-state index in [2.05, 4.69) is 0 Å². The van der Waals surface area contributed by atoms with E-state index in [9.17, 15) is 23.1 Å². The number of aliphatic hydroxyl groups excluding tert-OH is 1. The van der Waals surface area contributed by atoms with Crippen LogP contribution in [0.25, 0.3) is 0 Å². The number of rotatable bonds is 4. The number of hydrogen-bond donors (Lipinski definition) is 2. The molecule has 1 heterocycles. The first-order valence-electron chi connectivity index (χ1n) is 6.11. The number of alkyl halides is 3. The van der Waals surface area contributed by atoms with Crippen LogP contribution >= 0.6 is 0 Å². The van der Waals surface area contributed by atoms with Gasteiger partial charge in [0.25, 0.3) is 0 Å². The molecule has 7 heteroatoms. The fourth-order valence-corrected chi connectivity index (χ4v) is 2.09. The smallest absolute Gasteiger partial charge is 0.395 e. The molecular formula is C11H19F3N2O2. The summed E-state index contributed by atoms with van der Waals surface area (Å²) in [6, 6.07) is -0.121. The van der Waals surface area contributed by atoms with Crippen molar-refractivity contribution in [2.75, 3.05) is 26.2 Å². The van der Waals surface area contributed by atoms with Gasteiger partial charge in [0.15, 0.2) is 0 Å². The summed E-state index contributed by atoms with van der Waals surface area (Å²) >= 11 is 0. The van der Waals surface area contributed by atoms with Gasteiger partial charge in [-0.2, -0.15) is 13.2 Å². The van der Waals surface area contributed by atoms with E-state index in [1.165, 1.54) is 0 Å². The molecule has 1 unspecified atom stereocenters. The number of carbonyl (C=O) groups excluding carboxylic acids is 1. The summed E-state index contributed by atoms with van der Waals surface area (Å²) in [5, 5.41) is 11.1. The Morgan fingerprint density at radius 3 is 2.67 bits per heavy atom. The van der Waals surface area contributed by atoms with Gasteiger partial charge in [0, 0.05) is 6.04 Å². The number of likely N-dealkylation sites (tertiary alicyclic amines) is 1. The van der Waals surface area contributed by atoms with E-state index in [4.69, 9.17) is 0 Å². The van der Waals surface area contributed by atoms with Crippen molar-refractivity contribution in [3.63, 3.8) is 0 Å². The Kier molecular flexibility index (Phi) is 5.87. The van der Waals surface area contributed by atoms with Crippen LogP contribution in [0.3, 0.4) is 0 Å². The molecule has 1 aliphatic rings. The third kappa shape index (κ3) is 5.68. The molecule has 106 valence electrons. The largest absolute Gasteiger partial charge is 0.405 e. The lowest BCUT2D eigenvalue weighted by Crippen LogP contribution is -2.46. The lowest BCUT2D eigenvalue weighted by Gasteiger charge is -2.27. The lowest BCUT2D eigenvalue weighted by atomic mass is 10.1. The van der Waals surface area contributed by atoms with Gasteiger partial charge in [-0.1, -0.05) is 12.8 Å². The third-order valence-electron chi connectivity index (χ3n) is 3.04. The van der Waals surface area contributed by atoms with Crippen molar-refractivity contribution >= 4 is 5.91 Å². The van der Waals surface area contributed by atoms with Crippen LogP contribution in [0.2, 0.25) is 0 Å². The molecule has 0 aromatic heterocycles.